The number of thioether (sulfide) groups is 1. The van der Waals surface area contributed by atoms with Crippen LogP contribution in [0.15, 0.2) is 46.5 Å². The second kappa shape index (κ2) is 8.38. The second-order valence-corrected chi connectivity index (χ2v) is 7.93. The third-order valence-electron chi connectivity index (χ3n) is 4.61. The molecule has 2 N–H and O–H groups in total. The summed E-state index contributed by atoms with van der Waals surface area (Å²) < 4.78 is 2.01. The highest BCUT2D eigenvalue weighted by atomic mass is 32.2. The standard InChI is InChI=1S/C18H26N6S/c1-19-17(20-12-16-22-14-23-24(16)2)21-13-18(10-6-7-11-18)25-15-8-4-3-5-9-15/h3-5,8-9,14H,6-7,10-13H2,1-2H3,(H2,19,20,21). The van der Waals surface area contributed by atoms with Crippen molar-refractivity contribution in [2.45, 2.75) is 41.9 Å². The molecule has 0 radical (unpaired) electrons. The van der Waals surface area contributed by atoms with Crippen molar-refractivity contribution in [3.63, 3.8) is 0 Å². The van der Waals surface area contributed by atoms with Crippen LogP contribution in [0.3, 0.4) is 0 Å². The van der Waals surface area contributed by atoms with Crippen molar-refractivity contribution in [2.24, 2.45) is 12.0 Å². The maximum absolute atomic E-state index is 4.34. The molecule has 0 bridgehead atoms. The fourth-order valence-electron chi connectivity index (χ4n) is 3.18. The van der Waals surface area contributed by atoms with Crippen molar-refractivity contribution >= 4 is 17.7 Å². The summed E-state index contributed by atoms with van der Waals surface area (Å²) in [7, 11) is 3.70. The van der Waals surface area contributed by atoms with Crippen molar-refractivity contribution in [2.75, 3.05) is 13.6 Å². The average molecular weight is 359 g/mol. The van der Waals surface area contributed by atoms with Crippen LogP contribution in [-0.4, -0.2) is 39.1 Å². The Kier molecular flexibility index (Phi) is 5.96. The second-order valence-electron chi connectivity index (χ2n) is 6.38. The summed E-state index contributed by atoms with van der Waals surface area (Å²) in [5, 5.41) is 10.9. The highest BCUT2D eigenvalue weighted by Gasteiger charge is 2.35. The molecule has 1 heterocycles. The minimum absolute atomic E-state index is 0.240. The van der Waals surface area contributed by atoms with Crippen LogP contribution in [-0.2, 0) is 13.6 Å². The van der Waals surface area contributed by atoms with Gasteiger partial charge >= 0.3 is 0 Å². The quantitative estimate of drug-likeness (QED) is 0.614. The van der Waals surface area contributed by atoms with Crippen molar-refractivity contribution in [3.05, 3.63) is 42.5 Å². The molecule has 0 unspecified atom stereocenters. The lowest BCUT2D eigenvalue weighted by Gasteiger charge is -2.29. The van der Waals surface area contributed by atoms with Crippen LogP contribution in [0.25, 0.3) is 0 Å². The van der Waals surface area contributed by atoms with Crippen LogP contribution in [0.2, 0.25) is 0 Å². The summed E-state index contributed by atoms with van der Waals surface area (Å²) in [6.45, 7) is 1.51. The van der Waals surface area contributed by atoms with Gasteiger partial charge in [0.15, 0.2) is 5.96 Å². The molecule has 1 saturated carbocycles. The Bertz CT molecular complexity index is 691. The van der Waals surface area contributed by atoms with E-state index in [0.29, 0.717) is 6.54 Å². The largest absolute Gasteiger partial charge is 0.355 e. The van der Waals surface area contributed by atoms with E-state index < -0.39 is 0 Å². The van der Waals surface area contributed by atoms with Crippen LogP contribution in [0, 0.1) is 0 Å². The van der Waals surface area contributed by atoms with Crippen molar-refractivity contribution in [1.29, 1.82) is 0 Å². The van der Waals surface area contributed by atoms with E-state index in [4.69, 9.17) is 0 Å². The smallest absolute Gasteiger partial charge is 0.191 e. The van der Waals surface area contributed by atoms with Gasteiger partial charge in [-0.15, -0.1) is 11.8 Å². The third kappa shape index (κ3) is 4.75. The Hall–Kier alpha value is -2.02. The van der Waals surface area contributed by atoms with Gasteiger partial charge in [-0.25, -0.2) is 4.98 Å². The molecule has 6 nitrogen and oxygen atoms in total. The summed E-state index contributed by atoms with van der Waals surface area (Å²) >= 11 is 2.00. The molecule has 1 fully saturated rings. The topological polar surface area (TPSA) is 67.1 Å². The fraction of sp³-hybridized carbons (Fsp3) is 0.500. The molecule has 7 heteroatoms. The van der Waals surface area contributed by atoms with Crippen molar-refractivity contribution in [3.8, 4) is 0 Å². The SMILES string of the molecule is CN=C(NCc1ncnn1C)NCC1(Sc2ccccc2)CCCC1. The van der Waals surface area contributed by atoms with E-state index in [-0.39, 0.29) is 4.75 Å². The molecule has 1 aromatic carbocycles. The number of hydrogen-bond acceptors (Lipinski definition) is 4. The summed E-state index contributed by atoms with van der Waals surface area (Å²) in [5.74, 6) is 1.69. The van der Waals surface area contributed by atoms with E-state index in [0.717, 1.165) is 18.3 Å². The normalized spacial score (nSPS) is 16.8. The number of rotatable bonds is 6. The molecule has 2 aromatic rings. The zero-order valence-corrected chi connectivity index (χ0v) is 15.7. The van der Waals surface area contributed by atoms with E-state index in [1.54, 1.807) is 18.1 Å². The van der Waals surface area contributed by atoms with Crippen LogP contribution in [0.5, 0.6) is 0 Å². The highest BCUT2D eigenvalue weighted by Crippen LogP contribution is 2.44. The molecular formula is C18H26N6S. The van der Waals surface area contributed by atoms with Gasteiger partial charge in [-0.3, -0.25) is 9.67 Å². The van der Waals surface area contributed by atoms with Gasteiger partial charge in [0.05, 0.1) is 6.54 Å². The van der Waals surface area contributed by atoms with Crippen LogP contribution in [0.4, 0.5) is 0 Å². The number of nitrogens with one attached hydrogen (secondary N) is 2. The molecule has 0 atom stereocenters. The van der Waals surface area contributed by atoms with Crippen LogP contribution < -0.4 is 10.6 Å². The Morgan fingerprint density at radius 1 is 1.24 bits per heavy atom. The molecule has 0 aliphatic heterocycles. The average Bonchev–Trinajstić information content (AvgIpc) is 3.26. The number of nitrogens with zero attached hydrogens (tertiary/aromatic N) is 4. The molecule has 1 aliphatic carbocycles. The Morgan fingerprint density at radius 3 is 2.64 bits per heavy atom. The summed E-state index contributed by atoms with van der Waals surface area (Å²) in [4.78, 5) is 9.92. The van der Waals surface area contributed by atoms with Gasteiger partial charge in [-0.2, -0.15) is 5.10 Å². The minimum Gasteiger partial charge on any atom is -0.355 e. The first-order chi connectivity index (χ1) is 12.2. The molecule has 134 valence electrons. The minimum atomic E-state index is 0.240. The van der Waals surface area contributed by atoms with Gasteiger partial charge in [-0.1, -0.05) is 31.0 Å². The number of benzene rings is 1. The van der Waals surface area contributed by atoms with Gasteiger partial charge in [0.25, 0.3) is 0 Å². The fourth-order valence-corrected chi connectivity index (χ4v) is 4.61. The first-order valence-electron chi connectivity index (χ1n) is 8.72. The number of aromatic nitrogens is 3. The number of aryl methyl sites for hydroxylation is 1. The maximum atomic E-state index is 4.34. The first-order valence-corrected chi connectivity index (χ1v) is 9.54. The van der Waals surface area contributed by atoms with Crippen LogP contribution in [0.1, 0.15) is 31.5 Å². The Labute approximate surface area is 153 Å². The van der Waals surface area contributed by atoms with Gasteiger partial charge < -0.3 is 10.6 Å². The Balaban J connectivity index is 1.57. The van der Waals surface area contributed by atoms with E-state index in [1.165, 1.54) is 30.6 Å². The predicted molar refractivity (Wildman–Crippen MR) is 103 cm³/mol. The zero-order valence-electron chi connectivity index (χ0n) is 14.9. The van der Waals surface area contributed by atoms with Gasteiger partial charge in [0.1, 0.15) is 12.2 Å². The number of guanidine groups is 1. The lowest BCUT2D eigenvalue weighted by atomic mass is 10.1. The molecule has 0 amide bonds. The van der Waals surface area contributed by atoms with E-state index in [1.807, 2.05) is 18.8 Å². The number of aliphatic imine (C=N–C) groups is 1. The molecule has 0 saturated heterocycles. The molecule has 3 rings (SSSR count). The molecule has 25 heavy (non-hydrogen) atoms. The molecule has 1 aliphatic rings. The number of hydrogen-bond donors (Lipinski definition) is 2. The molecule has 0 spiro atoms. The van der Waals surface area contributed by atoms with Gasteiger partial charge in [0, 0.05) is 30.3 Å². The summed E-state index contributed by atoms with van der Waals surface area (Å²) in [5.41, 5.74) is 0. The van der Waals surface area contributed by atoms with E-state index >= 15 is 0 Å². The van der Waals surface area contributed by atoms with Gasteiger partial charge in [0.2, 0.25) is 0 Å². The Morgan fingerprint density at radius 2 is 2.00 bits per heavy atom. The van der Waals surface area contributed by atoms with Crippen molar-refractivity contribution < 1.29 is 0 Å². The van der Waals surface area contributed by atoms with E-state index in [9.17, 15) is 0 Å². The summed E-state index contributed by atoms with van der Waals surface area (Å²) in [6, 6.07) is 10.7. The predicted octanol–water partition coefficient (Wildman–Crippen LogP) is 2.59. The molecule has 1 aromatic heterocycles. The highest BCUT2D eigenvalue weighted by molar-refractivity contribution is 8.00. The van der Waals surface area contributed by atoms with Crippen LogP contribution >= 0.6 is 11.8 Å². The van der Waals surface area contributed by atoms with Crippen molar-refractivity contribution in [1.82, 2.24) is 25.4 Å². The summed E-state index contributed by atoms with van der Waals surface area (Å²) in [6.07, 6.45) is 6.63. The lowest BCUT2D eigenvalue weighted by Crippen LogP contribution is -2.44. The third-order valence-corrected chi connectivity index (χ3v) is 6.11. The lowest BCUT2D eigenvalue weighted by molar-refractivity contribution is 0.580. The zero-order chi connectivity index (χ0) is 17.5. The first kappa shape index (κ1) is 17.8. The monoisotopic (exact) mass is 358 g/mol. The maximum Gasteiger partial charge on any atom is 0.191 e. The van der Waals surface area contributed by atoms with Gasteiger partial charge in [-0.05, 0) is 25.0 Å². The molecular weight excluding hydrogens is 332 g/mol. The van der Waals surface area contributed by atoms with E-state index in [2.05, 4.69) is 56.0 Å².